The van der Waals surface area contributed by atoms with E-state index in [-0.39, 0.29) is 11.9 Å². The lowest BCUT2D eigenvalue weighted by Gasteiger charge is -2.26. The molecule has 0 amide bonds. The molecule has 3 aromatic rings. The number of benzene rings is 2. The lowest BCUT2D eigenvalue weighted by molar-refractivity contribution is 0.126. The molecule has 1 aliphatic carbocycles. The lowest BCUT2D eigenvalue weighted by atomic mass is 9.93. The van der Waals surface area contributed by atoms with E-state index in [1.54, 1.807) is 12.3 Å². The first-order chi connectivity index (χ1) is 15.0. The van der Waals surface area contributed by atoms with Gasteiger partial charge in [0.05, 0.1) is 21.8 Å². The Kier molecular flexibility index (Phi) is 6.96. The average Bonchev–Trinajstić information content (AvgIpc) is 2.76. The molecule has 1 heterocycles. The number of nitrogens with zero attached hydrogens (tertiary/aromatic N) is 1. The number of aliphatic hydroxyl groups excluding tert-OH is 1. The summed E-state index contributed by atoms with van der Waals surface area (Å²) >= 11 is 12.8. The summed E-state index contributed by atoms with van der Waals surface area (Å²) in [7, 11) is 0. The van der Waals surface area contributed by atoms with E-state index >= 15 is 0 Å². The highest BCUT2D eigenvalue weighted by molar-refractivity contribution is 6.34. The van der Waals surface area contributed by atoms with Crippen molar-refractivity contribution in [2.75, 3.05) is 10.6 Å². The van der Waals surface area contributed by atoms with E-state index in [1.807, 2.05) is 30.3 Å². The summed E-state index contributed by atoms with van der Waals surface area (Å²) in [4.78, 5) is 4.42. The molecule has 1 saturated carbocycles. The fraction of sp³-hybridized carbons (Fsp3) is 0.292. The molecule has 0 aliphatic heterocycles. The molecule has 1 fully saturated rings. The van der Waals surface area contributed by atoms with Gasteiger partial charge in [-0.15, -0.1) is 0 Å². The first kappa shape index (κ1) is 21.9. The van der Waals surface area contributed by atoms with Gasteiger partial charge in [-0.2, -0.15) is 0 Å². The molecule has 0 bridgehead atoms. The Morgan fingerprint density at radius 3 is 2.58 bits per heavy atom. The highest BCUT2D eigenvalue weighted by Crippen LogP contribution is 2.34. The molecule has 4 nitrogen and oxygen atoms in total. The van der Waals surface area contributed by atoms with Crippen LogP contribution in [0.3, 0.4) is 0 Å². The fourth-order valence-corrected chi connectivity index (χ4v) is 4.24. The average molecular weight is 460 g/mol. The molecule has 4 rings (SSSR count). The molecule has 7 heteroatoms. The first-order valence-corrected chi connectivity index (χ1v) is 11.1. The number of pyridine rings is 1. The number of aromatic nitrogens is 1. The second-order valence-electron chi connectivity index (χ2n) is 7.88. The van der Waals surface area contributed by atoms with E-state index in [4.69, 9.17) is 23.2 Å². The smallest absolute Gasteiger partial charge is 0.126 e. The Morgan fingerprint density at radius 2 is 1.81 bits per heavy atom. The van der Waals surface area contributed by atoms with Crippen LogP contribution in [0.2, 0.25) is 10.0 Å². The number of anilines is 2. The van der Waals surface area contributed by atoms with E-state index in [0.29, 0.717) is 22.6 Å². The maximum Gasteiger partial charge on any atom is 0.126 e. The Balaban J connectivity index is 1.52. The van der Waals surface area contributed by atoms with E-state index in [9.17, 15) is 9.50 Å². The molecule has 2 aromatic carbocycles. The molecule has 0 radical (unpaired) electrons. The van der Waals surface area contributed by atoms with Crippen molar-refractivity contribution in [3.63, 3.8) is 0 Å². The zero-order valence-corrected chi connectivity index (χ0v) is 18.4. The van der Waals surface area contributed by atoms with Gasteiger partial charge in [-0.3, -0.25) is 0 Å². The van der Waals surface area contributed by atoms with Gasteiger partial charge in [-0.25, -0.2) is 9.37 Å². The number of halogens is 3. The predicted molar refractivity (Wildman–Crippen MR) is 125 cm³/mol. The molecular weight excluding hydrogens is 436 g/mol. The van der Waals surface area contributed by atoms with Crippen LogP contribution in [0.25, 0.3) is 11.1 Å². The van der Waals surface area contributed by atoms with Crippen molar-refractivity contribution in [3.05, 3.63) is 76.2 Å². The van der Waals surface area contributed by atoms with Crippen LogP contribution < -0.4 is 10.6 Å². The highest BCUT2D eigenvalue weighted by atomic mass is 35.5. The largest absolute Gasteiger partial charge is 0.393 e. The van der Waals surface area contributed by atoms with Crippen molar-refractivity contribution in [2.24, 2.45) is 0 Å². The van der Waals surface area contributed by atoms with Crippen LogP contribution >= 0.6 is 23.2 Å². The Hall–Kier alpha value is -2.34. The van der Waals surface area contributed by atoms with Crippen LogP contribution in [-0.2, 0) is 6.54 Å². The highest BCUT2D eigenvalue weighted by Gasteiger charge is 2.20. The molecule has 0 spiro atoms. The van der Waals surface area contributed by atoms with E-state index < -0.39 is 0 Å². The molecule has 0 atom stereocenters. The number of hydrogen-bond acceptors (Lipinski definition) is 4. The maximum atomic E-state index is 13.4. The quantitative estimate of drug-likeness (QED) is 0.392. The summed E-state index contributed by atoms with van der Waals surface area (Å²) < 4.78 is 13.4. The molecular formula is C24H24Cl2FN3O. The maximum absolute atomic E-state index is 13.4. The Bertz CT molecular complexity index is 1050. The van der Waals surface area contributed by atoms with Crippen LogP contribution in [0.4, 0.5) is 15.9 Å². The van der Waals surface area contributed by atoms with Gasteiger partial charge in [0, 0.05) is 24.3 Å². The summed E-state index contributed by atoms with van der Waals surface area (Å²) in [6.07, 6.45) is 4.88. The number of hydrogen-bond donors (Lipinski definition) is 3. The van der Waals surface area contributed by atoms with E-state index in [1.165, 1.54) is 12.1 Å². The summed E-state index contributed by atoms with van der Waals surface area (Å²) in [6.45, 7) is 0.450. The van der Waals surface area contributed by atoms with Crippen LogP contribution in [0.15, 0.2) is 54.7 Å². The minimum absolute atomic E-state index is 0.195. The standard InChI is InChI=1S/C24H24Cl2FN3O/c25-21-9-4-16(11-23(21)28-13-15-2-1-3-17(27)10-15)20-12-24(29-14-22(20)26)30-18-5-7-19(31)8-6-18/h1-4,9-12,14,18-19,28,31H,5-8,13H2,(H,29,30). The predicted octanol–water partition coefficient (Wildman–Crippen LogP) is 6.52. The van der Waals surface area contributed by atoms with Crippen LogP contribution in [-0.4, -0.2) is 22.2 Å². The first-order valence-electron chi connectivity index (χ1n) is 10.4. The van der Waals surface area contributed by atoms with Crippen molar-refractivity contribution in [3.8, 4) is 11.1 Å². The van der Waals surface area contributed by atoms with Crippen molar-refractivity contribution in [1.82, 2.24) is 4.98 Å². The zero-order valence-electron chi connectivity index (χ0n) is 16.9. The number of rotatable bonds is 6. The second-order valence-corrected chi connectivity index (χ2v) is 8.69. The zero-order chi connectivity index (χ0) is 21.8. The molecule has 1 aliphatic rings. The third kappa shape index (κ3) is 5.67. The normalized spacial score (nSPS) is 18.6. The molecule has 0 saturated heterocycles. The summed E-state index contributed by atoms with van der Waals surface area (Å²) in [6, 6.07) is 14.3. The van der Waals surface area contributed by atoms with Gasteiger partial charge in [-0.05, 0) is 67.1 Å². The van der Waals surface area contributed by atoms with Crippen molar-refractivity contribution >= 4 is 34.7 Å². The van der Waals surface area contributed by atoms with Crippen LogP contribution in [0.1, 0.15) is 31.2 Å². The van der Waals surface area contributed by atoms with Gasteiger partial charge in [0.25, 0.3) is 0 Å². The molecule has 1 aromatic heterocycles. The Morgan fingerprint density at radius 1 is 1.00 bits per heavy atom. The van der Waals surface area contributed by atoms with Crippen LogP contribution in [0.5, 0.6) is 0 Å². The fourth-order valence-electron chi connectivity index (χ4n) is 3.84. The van der Waals surface area contributed by atoms with Gasteiger partial charge >= 0.3 is 0 Å². The second kappa shape index (κ2) is 9.86. The minimum atomic E-state index is -0.268. The molecule has 0 unspecified atom stereocenters. The van der Waals surface area contributed by atoms with E-state index in [0.717, 1.165) is 53.9 Å². The summed E-state index contributed by atoms with van der Waals surface area (Å²) in [5.74, 6) is 0.486. The molecule has 31 heavy (non-hydrogen) atoms. The van der Waals surface area contributed by atoms with Crippen molar-refractivity contribution < 1.29 is 9.50 Å². The lowest BCUT2D eigenvalue weighted by Crippen LogP contribution is -2.28. The third-order valence-electron chi connectivity index (χ3n) is 5.55. The number of nitrogens with one attached hydrogen (secondary N) is 2. The third-order valence-corrected chi connectivity index (χ3v) is 6.18. The SMILES string of the molecule is OC1CCC(Nc2cc(-c3ccc(Cl)c(NCc4cccc(F)c4)c3)c(Cl)cn2)CC1. The molecule has 162 valence electrons. The van der Waals surface area contributed by atoms with Gasteiger partial charge in [-0.1, -0.05) is 41.4 Å². The van der Waals surface area contributed by atoms with Crippen molar-refractivity contribution in [1.29, 1.82) is 0 Å². The topological polar surface area (TPSA) is 57.2 Å². The summed E-state index contributed by atoms with van der Waals surface area (Å²) in [5.41, 5.74) is 3.32. The molecule has 3 N–H and O–H groups in total. The summed E-state index contributed by atoms with van der Waals surface area (Å²) in [5, 5.41) is 17.6. The van der Waals surface area contributed by atoms with Crippen LogP contribution in [0, 0.1) is 5.82 Å². The van der Waals surface area contributed by atoms with Gasteiger partial charge < -0.3 is 15.7 Å². The van der Waals surface area contributed by atoms with Gasteiger partial charge in [0.15, 0.2) is 0 Å². The van der Waals surface area contributed by atoms with Gasteiger partial charge in [0.2, 0.25) is 0 Å². The number of aliphatic hydroxyl groups is 1. The monoisotopic (exact) mass is 459 g/mol. The minimum Gasteiger partial charge on any atom is -0.393 e. The van der Waals surface area contributed by atoms with Crippen molar-refractivity contribution in [2.45, 2.75) is 44.4 Å². The Labute approximate surface area is 191 Å². The van der Waals surface area contributed by atoms with E-state index in [2.05, 4.69) is 15.6 Å². The van der Waals surface area contributed by atoms with Gasteiger partial charge in [0.1, 0.15) is 11.6 Å².